The molecule has 0 unspecified atom stereocenters. The Morgan fingerprint density at radius 3 is 2.03 bits per heavy atom. The minimum atomic E-state index is -4.97. The van der Waals surface area contributed by atoms with Crippen molar-refractivity contribution in [2.24, 2.45) is 0 Å². The van der Waals surface area contributed by atoms with E-state index in [1.807, 2.05) is 36.4 Å². The van der Waals surface area contributed by atoms with E-state index >= 15 is 0 Å². The Morgan fingerprint density at radius 2 is 1.31 bits per heavy atom. The summed E-state index contributed by atoms with van der Waals surface area (Å²) in [6.07, 6.45) is -4.97. The van der Waals surface area contributed by atoms with Gasteiger partial charge in [-0.15, -0.1) is 13.2 Å². The summed E-state index contributed by atoms with van der Waals surface area (Å²) in [7, 11) is -3.98. The molecule has 0 fully saturated rings. The van der Waals surface area contributed by atoms with E-state index in [1.165, 1.54) is 12.1 Å². The molecule has 35 heavy (non-hydrogen) atoms. The fourth-order valence-electron chi connectivity index (χ4n) is 4.30. The predicted octanol–water partition coefficient (Wildman–Crippen LogP) is 8.31. The lowest BCUT2D eigenvalue weighted by molar-refractivity contribution is -0.274. The average molecular weight is 557 g/mol. The molecule has 0 spiro atoms. The van der Waals surface area contributed by atoms with Crippen LogP contribution in [0.25, 0.3) is 43.8 Å². The molecule has 0 aliphatic rings. The molecule has 5 aromatic carbocycles. The molecule has 176 valence electrons. The Labute approximate surface area is 206 Å². The molecule has 5 rings (SSSR count). The van der Waals surface area contributed by atoms with Gasteiger partial charge in [0.1, 0.15) is 5.75 Å². The fraction of sp³-hybridized carbons (Fsp3) is 0.0370. The summed E-state index contributed by atoms with van der Waals surface area (Å²) >= 11 is 2.72. The lowest BCUT2D eigenvalue weighted by Gasteiger charge is -2.19. The molecular formula is C27H16BrF3O3S. The van der Waals surface area contributed by atoms with Crippen LogP contribution in [-0.4, -0.2) is 14.8 Å². The van der Waals surface area contributed by atoms with E-state index in [-0.39, 0.29) is 16.0 Å². The molecule has 0 aromatic heterocycles. The highest BCUT2D eigenvalue weighted by atomic mass is 79.9. The van der Waals surface area contributed by atoms with Crippen molar-refractivity contribution in [3.63, 3.8) is 0 Å². The van der Waals surface area contributed by atoms with Crippen LogP contribution in [0.2, 0.25) is 0 Å². The third-order valence-electron chi connectivity index (χ3n) is 5.72. The number of benzene rings is 5. The van der Waals surface area contributed by atoms with Crippen LogP contribution in [0.4, 0.5) is 13.2 Å². The number of halogens is 4. The van der Waals surface area contributed by atoms with Crippen molar-refractivity contribution in [1.82, 2.24) is 0 Å². The van der Waals surface area contributed by atoms with E-state index in [0.29, 0.717) is 21.5 Å². The second kappa shape index (κ2) is 8.70. The number of fused-ring (bicyclic) bond motifs is 2. The molecule has 0 aliphatic heterocycles. The van der Waals surface area contributed by atoms with E-state index in [9.17, 15) is 21.6 Å². The third-order valence-corrected chi connectivity index (χ3v) is 7.63. The van der Waals surface area contributed by atoms with Crippen LogP contribution >= 0.6 is 14.8 Å². The van der Waals surface area contributed by atoms with E-state index < -0.39 is 20.4 Å². The van der Waals surface area contributed by atoms with E-state index in [0.717, 1.165) is 11.1 Å². The summed E-state index contributed by atoms with van der Waals surface area (Å²) in [5, 5.41) is 2.24. The normalized spacial score (nSPS) is 12.2. The van der Waals surface area contributed by atoms with Crippen molar-refractivity contribution >= 4 is 44.6 Å². The lowest BCUT2D eigenvalue weighted by atomic mass is 9.91. The fourth-order valence-corrected chi connectivity index (χ4v) is 5.80. The second-order valence-electron chi connectivity index (χ2n) is 7.89. The zero-order valence-electron chi connectivity index (χ0n) is 17.9. The zero-order valence-corrected chi connectivity index (χ0v) is 20.3. The second-order valence-corrected chi connectivity index (χ2v) is 11.8. The highest BCUT2D eigenvalue weighted by Gasteiger charge is 2.34. The van der Waals surface area contributed by atoms with Gasteiger partial charge < -0.3 is 4.74 Å². The van der Waals surface area contributed by atoms with Crippen molar-refractivity contribution in [3.8, 4) is 28.0 Å². The molecule has 3 nitrogen and oxygen atoms in total. The molecule has 0 aliphatic carbocycles. The van der Waals surface area contributed by atoms with Gasteiger partial charge >= 0.3 is 6.36 Å². The van der Waals surface area contributed by atoms with Gasteiger partial charge in [0.2, 0.25) is 8.27 Å². The Hall–Kier alpha value is -3.36. The van der Waals surface area contributed by atoms with Crippen LogP contribution in [-0.2, 0) is 8.27 Å². The van der Waals surface area contributed by atoms with Gasteiger partial charge in [-0.25, -0.2) is 8.42 Å². The smallest absolute Gasteiger partial charge is 0.405 e. The zero-order chi connectivity index (χ0) is 24.8. The van der Waals surface area contributed by atoms with Crippen LogP contribution < -0.4 is 4.74 Å². The van der Waals surface area contributed by atoms with Gasteiger partial charge in [0.25, 0.3) is 0 Å². The van der Waals surface area contributed by atoms with Gasteiger partial charge in [0.05, 0.1) is 19.7 Å². The molecule has 0 saturated heterocycles. The first-order valence-corrected chi connectivity index (χ1v) is 13.8. The van der Waals surface area contributed by atoms with Crippen LogP contribution in [0.3, 0.4) is 0 Å². The Bertz CT molecular complexity index is 1680. The van der Waals surface area contributed by atoms with Gasteiger partial charge in [-0.3, -0.25) is 0 Å². The maximum atomic E-state index is 13.4. The molecule has 0 bridgehead atoms. The molecule has 0 amide bonds. The summed E-state index contributed by atoms with van der Waals surface area (Å²) < 4.78 is 70.1. The van der Waals surface area contributed by atoms with E-state index in [4.69, 9.17) is 0 Å². The molecular weight excluding hydrogens is 541 g/mol. The van der Waals surface area contributed by atoms with Gasteiger partial charge in [-0.1, -0.05) is 78.9 Å². The van der Waals surface area contributed by atoms with Gasteiger partial charge in [0, 0.05) is 11.1 Å². The molecule has 0 N–H and O–H groups in total. The highest BCUT2D eigenvalue weighted by molar-refractivity contribution is 9.47. The number of hydrogen-bond donors (Lipinski definition) is 0. The molecule has 0 saturated carbocycles. The Morgan fingerprint density at radius 1 is 0.657 bits per heavy atom. The summed E-state index contributed by atoms with van der Waals surface area (Å²) in [5.74, 6) is -0.480. The maximum Gasteiger partial charge on any atom is 0.573 e. The van der Waals surface area contributed by atoms with E-state index in [1.54, 1.807) is 48.5 Å². The average Bonchev–Trinajstić information content (AvgIpc) is 2.82. The van der Waals surface area contributed by atoms with Gasteiger partial charge in [-0.05, 0) is 50.9 Å². The topological polar surface area (TPSA) is 43.4 Å². The quantitative estimate of drug-likeness (QED) is 0.209. The molecule has 0 radical (unpaired) electrons. The summed E-state index contributed by atoms with van der Waals surface area (Å²) in [4.78, 5) is -0.150. The van der Waals surface area contributed by atoms with Crippen LogP contribution in [0.15, 0.2) is 102 Å². The minimum absolute atomic E-state index is 0.0502. The molecule has 5 aromatic rings. The number of alkyl halides is 3. The van der Waals surface area contributed by atoms with Crippen LogP contribution in [0.1, 0.15) is 0 Å². The van der Waals surface area contributed by atoms with Crippen molar-refractivity contribution in [1.29, 1.82) is 0 Å². The number of ether oxygens (including phenoxy) is 1. The first-order chi connectivity index (χ1) is 16.6. The van der Waals surface area contributed by atoms with Gasteiger partial charge in [-0.2, -0.15) is 0 Å². The molecule has 0 heterocycles. The van der Waals surface area contributed by atoms with Gasteiger partial charge in [0.15, 0.2) is 0 Å². The SMILES string of the molecule is O=S(=O)(Br)c1ccc2ccccc2c1-c1c(OC(F)(F)F)ccc2cc(-c3ccccc3)ccc12. The Kier molecular flexibility index (Phi) is 5.81. The first kappa shape index (κ1) is 23.4. The van der Waals surface area contributed by atoms with Crippen molar-refractivity contribution in [2.45, 2.75) is 11.3 Å². The highest BCUT2D eigenvalue weighted by Crippen LogP contribution is 2.46. The molecule has 8 heteroatoms. The summed E-state index contributed by atoms with van der Waals surface area (Å²) in [6.45, 7) is 0. The summed E-state index contributed by atoms with van der Waals surface area (Å²) in [5.41, 5.74) is 2.01. The largest absolute Gasteiger partial charge is 0.573 e. The lowest BCUT2D eigenvalue weighted by Crippen LogP contribution is -2.18. The third kappa shape index (κ3) is 4.63. The number of hydrogen-bond acceptors (Lipinski definition) is 3. The monoisotopic (exact) mass is 556 g/mol. The van der Waals surface area contributed by atoms with Crippen LogP contribution in [0, 0.1) is 0 Å². The first-order valence-electron chi connectivity index (χ1n) is 10.5. The Balaban J connectivity index is 1.90. The minimum Gasteiger partial charge on any atom is -0.405 e. The molecule has 0 atom stereocenters. The van der Waals surface area contributed by atoms with Crippen molar-refractivity contribution < 1.29 is 26.3 Å². The standard InChI is InChI=1S/C27H16BrF3O3S/c28-35(32,33)24-15-12-18-8-4-5-9-21(18)26(24)25-22-13-10-19(17-6-2-1-3-7-17)16-20(22)11-14-23(25)34-27(29,30)31/h1-16H. The maximum absolute atomic E-state index is 13.4. The summed E-state index contributed by atoms with van der Waals surface area (Å²) in [6, 6.07) is 27.6. The van der Waals surface area contributed by atoms with Crippen molar-refractivity contribution in [3.05, 3.63) is 97.1 Å². The van der Waals surface area contributed by atoms with E-state index in [2.05, 4.69) is 19.5 Å². The van der Waals surface area contributed by atoms with Crippen LogP contribution in [0.5, 0.6) is 5.75 Å². The number of rotatable bonds is 4. The predicted molar refractivity (Wildman–Crippen MR) is 135 cm³/mol. The van der Waals surface area contributed by atoms with Crippen molar-refractivity contribution in [2.75, 3.05) is 0 Å².